The van der Waals surface area contributed by atoms with E-state index in [9.17, 15) is 0 Å². The van der Waals surface area contributed by atoms with E-state index in [1.54, 1.807) is 0 Å². The summed E-state index contributed by atoms with van der Waals surface area (Å²) < 4.78 is 28.6. The van der Waals surface area contributed by atoms with Gasteiger partial charge in [0.1, 0.15) is 0 Å². The third-order valence-electron chi connectivity index (χ3n) is 0.558. The minimum Gasteiger partial charge on any atom is -0.399 e. The quantitative estimate of drug-likeness (QED) is 0.486. The molecule has 0 unspecified atom stereocenters. The van der Waals surface area contributed by atoms with E-state index in [2.05, 4.69) is 0 Å². The number of benzene rings is 1. The molecule has 7 heavy (non-hydrogen) atoms. The molecule has 0 bridgehead atoms. The van der Waals surface area contributed by atoms with Crippen molar-refractivity contribution < 1.29 is 5.48 Å². The van der Waals surface area contributed by atoms with Gasteiger partial charge in [0.2, 0.25) is 0 Å². The number of nitrogens with two attached hydrogens (primary N) is 1. The zero-order chi connectivity index (χ0) is 8.59. The van der Waals surface area contributed by atoms with Crippen molar-refractivity contribution >= 4 is 5.69 Å². The van der Waals surface area contributed by atoms with E-state index in [0.29, 0.717) is 0 Å². The molecule has 0 aliphatic rings. The summed E-state index contributed by atoms with van der Waals surface area (Å²) in [6.07, 6.45) is 0. The Hall–Kier alpha value is -0.980. The first-order chi connectivity index (χ1) is 5.04. The maximum absolute atomic E-state index is 7.17. The van der Waals surface area contributed by atoms with Crippen LogP contribution in [0.4, 0.5) is 5.69 Å². The Morgan fingerprint density at radius 3 is 2.57 bits per heavy atom. The number of hydrogen-bond donors (Lipinski definition) is 1. The summed E-state index contributed by atoms with van der Waals surface area (Å²) in [5.41, 5.74) is 5.17. The van der Waals surface area contributed by atoms with Gasteiger partial charge in [0, 0.05) is 5.69 Å². The van der Waals surface area contributed by atoms with Gasteiger partial charge in [0.15, 0.2) is 0 Å². The van der Waals surface area contributed by atoms with Crippen molar-refractivity contribution in [3.63, 3.8) is 0 Å². The summed E-state index contributed by atoms with van der Waals surface area (Å²) in [6, 6.07) is 0.574. The number of hydrogen-bond acceptors (Lipinski definition) is 1. The van der Waals surface area contributed by atoms with Crippen molar-refractivity contribution in [3.8, 4) is 0 Å². The van der Waals surface area contributed by atoms with Gasteiger partial charge in [-0.3, -0.25) is 0 Å². The molecule has 0 amide bonds. The van der Waals surface area contributed by atoms with E-state index >= 15 is 0 Å². The van der Waals surface area contributed by atoms with Gasteiger partial charge in [-0.15, -0.1) is 0 Å². The van der Waals surface area contributed by atoms with E-state index in [0.717, 1.165) is 6.07 Å². The first kappa shape index (κ1) is 1.51. The molecule has 0 fully saturated rings. The van der Waals surface area contributed by atoms with Crippen LogP contribution in [0.15, 0.2) is 30.2 Å². The molecule has 1 nitrogen and oxygen atoms in total. The Labute approximate surface area is 48.4 Å². The summed E-state index contributed by atoms with van der Waals surface area (Å²) in [5.74, 6) is 0. The van der Waals surface area contributed by atoms with E-state index in [1.165, 1.54) is 0 Å². The predicted molar refractivity (Wildman–Crippen MR) is 30.9 cm³/mol. The van der Waals surface area contributed by atoms with E-state index in [-0.39, 0.29) is 29.9 Å². The highest BCUT2D eigenvalue weighted by atomic mass is 14.5. The summed E-state index contributed by atoms with van der Waals surface area (Å²) in [5, 5.41) is 0. The summed E-state index contributed by atoms with van der Waals surface area (Å²) in [6.45, 7) is 0. The van der Waals surface area contributed by atoms with Gasteiger partial charge in [-0.25, -0.2) is 0 Å². The molecule has 1 rings (SSSR count). The molecule has 1 aromatic carbocycles. The second-order valence-corrected chi connectivity index (χ2v) is 1.10. The lowest BCUT2D eigenvalue weighted by molar-refractivity contribution is 1.69. The van der Waals surface area contributed by atoms with Crippen LogP contribution in [0, 0.1) is 0 Å². The fourth-order valence-corrected chi connectivity index (χ4v) is 0.295. The molecule has 0 aliphatic heterocycles. The highest BCUT2D eigenvalue weighted by molar-refractivity contribution is 5.35. The molecular formula is C6H7N. The number of nitrogen functional groups attached to an aromatic ring is 1. The van der Waals surface area contributed by atoms with Gasteiger partial charge in [-0.2, -0.15) is 0 Å². The van der Waals surface area contributed by atoms with E-state index in [1.807, 2.05) is 0 Å². The maximum atomic E-state index is 7.17. The molecule has 0 aliphatic carbocycles. The molecule has 0 saturated carbocycles. The van der Waals surface area contributed by atoms with Crippen molar-refractivity contribution in [2.45, 2.75) is 0 Å². The zero-order valence-corrected chi connectivity index (χ0v) is 3.65. The summed E-state index contributed by atoms with van der Waals surface area (Å²) >= 11 is 0. The average Bonchev–Trinajstić information content (AvgIpc) is 1.97. The molecule has 1 heteroatoms. The van der Waals surface area contributed by atoms with Crippen LogP contribution in [0.5, 0.6) is 0 Å². The topological polar surface area (TPSA) is 26.0 Å². The van der Waals surface area contributed by atoms with Gasteiger partial charge in [-0.1, -0.05) is 18.2 Å². The molecule has 36 valence electrons. The maximum Gasteiger partial charge on any atom is 0.0644 e. The first-order valence-corrected chi connectivity index (χ1v) is 1.87. The van der Waals surface area contributed by atoms with Crippen molar-refractivity contribution in [3.05, 3.63) is 30.2 Å². The molecule has 0 spiro atoms. The predicted octanol–water partition coefficient (Wildman–Crippen LogP) is 1.27. The standard InChI is InChI=1S/C6H7N/c7-6-4-2-1-3-5-6/h1-5H,7H2/i1+1,2D,3D,4D,5D. The molecular weight excluding hydrogens is 87.1 g/mol. The third kappa shape index (κ3) is 0.929. The Morgan fingerprint density at radius 2 is 2.00 bits per heavy atom. The normalized spacial score (nSPS) is 16.6. The van der Waals surface area contributed by atoms with Crippen LogP contribution >= 0.6 is 0 Å². The van der Waals surface area contributed by atoms with Crippen LogP contribution in [0.3, 0.4) is 0 Å². The van der Waals surface area contributed by atoms with Gasteiger partial charge in [0.05, 0.1) is 5.48 Å². The molecule has 0 saturated heterocycles. The fourth-order valence-electron chi connectivity index (χ4n) is 0.295. The van der Waals surface area contributed by atoms with Crippen molar-refractivity contribution in [1.29, 1.82) is 0 Å². The highest BCUT2D eigenvalue weighted by Gasteiger charge is 1.72. The second kappa shape index (κ2) is 1.65. The van der Waals surface area contributed by atoms with Crippen molar-refractivity contribution in [1.82, 2.24) is 0 Å². The van der Waals surface area contributed by atoms with Crippen LogP contribution < -0.4 is 5.73 Å². The molecule has 0 atom stereocenters. The summed E-state index contributed by atoms with van der Waals surface area (Å²) in [4.78, 5) is 0. The fraction of sp³-hybridized carbons (Fsp3) is 0. The average molecular weight is 98.1 g/mol. The summed E-state index contributed by atoms with van der Waals surface area (Å²) in [7, 11) is 0. The number of para-hydroxylation sites is 1. The van der Waals surface area contributed by atoms with Gasteiger partial charge in [-0.05, 0) is 12.1 Å². The Bertz CT molecular complexity index is 271. The SMILES string of the molecule is [2H]c1[13cH]c([2H])c([2H])c(N)c1[2H]. The number of anilines is 1. The third-order valence-corrected chi connectivity index (χ3v) is 0.558. The molecule has 1 aromatic rings. The van der Waals surface area contributed by atoms with Gasteiger partial charge in [0.25, 0.3) is 0 Å². The minimum atomic E-state index is -0.175. The van der Waals surface area contributed by atoms with E-state index < -0.39 is 0 Å². The number of rotatable bonds is 0. The van der Waals surface area contributed by atoms with Crippen molar-refractivity contribution in [2.24, 2.45) is 0 Å². The lowest BCUT2D eigenvalue weighted by Crippen LogP contribution is -1.79. The minimum absolute atomic E-state index is 0.0949. The van der Waals surface area contributed by atoms with Crippen LogP contribution in [0.1, 0.15) is 5.48 Å². The first-order valence-electron chi connectivity index (χ1n) is 3.87. The van der Waals surface area contributed by atoms with Crippen LogP contribution in [-0.2, 0) is 0 Å². The molecule has 0 heterocycles. The van der Waals surface area contributed by atoms with Gasteiger partial charge >= 0.3 is 0 Å². The van der Waals surface area contributed by atoms with Gasteiger partial charge < -0.3 is 5.73 Å². The van der Waals surface area contributed by atoms with E-state index in [4.69, 9.17) is 11.2 Å². The Kier molecular flexibility index (Phi) is 0.355. The van der Waals surface area contributed by atoms with Crippen LogP contribution in [0.2, 0.25) is 0 Å². The molecule has 2 N–H and O–H groups in total. The smallest absolute Gasteiger partial charge is 0.0644 e. The highest BCUT2D eigenvalue weighted by Crippen LogP contribution is 1.95. The zero-order valence-electron chi connectivity index (χ0n) is 7.65. The lowest BCUT2D eigenvalue weighted by Gasteiger charge is -1.83. The van der Waals surface area contributed by atoms with Crippen LogP contribution in [0.25, 0.3) is 0 Å². The van der Waals surface area contributed by atoms with Crippen molar-refractivity contribution in [2.75, 3.05) is 5.73 Å². The largest absolute Gasteiger partial charge is 0.399 e. The van der Waals surface area contributed by atoms with Crippen LogP contribution in [-0.4, -0.2) is 0 Å². The Balaban J connectivity index is 3.46. The monoisotopic (exact) mass is 98.1 g/mol. The second-order valence-electron chi connectivity index (χ2n) is 1.10. The Morgan fingerprint density at radius 1 is 1.43 bits per heavy atom. The lowest BCUT2D eigenvalue weighted by atomic mass is 10.4. The molecule has 0 radical (unpaired) electrons. The molecule has 0 aromatic heterocycles.